The molecule has 15 heavy (non-hydrogen) atoms. The molecule has 0 saturated carbocycles. The van der Waals surface area contributed by atoms with Crippen molar-refractivity contribution in [2.45, 2.75) is 26.8 Å². The Hall–Kier alpha value is 3.03. The molecule has 0 aromatic rings. The molecule has 0 heterocycles. The zero-order chi connectivity index (χ0) is 10.8. The van der Waals surface area contributed by atoms with E-state index in [2.05, 4.69) is 0 Å². The van der Waals surface area contributed by atoms with Crippen LogP contribution in [0, 0.1) is 0 Å². The van der Waals surface area contributed by atoms with Gasteiger partial charge in [-0.1, -0.05) is 13.8 Å². The standard InChI is InChI=1S/C3H9N.C2H6O.3Na.H3O4P/c1-3(2)4;1-2-3;;;;1-5(2,3)4/h3H,4H2,1-2H3;3H,2H2,1H3;;;;(H3,1,2,3,4)/q;;3*+1;/p-3. The molecule has 0 rings (SSSR count). The summed E-state index contributed by atoms with van der Waals surface area (Å²) in [6.45, 7) is 5.82. The molecular weight excluding hydrogens is 254 g/mol. The Morgan fingerprint density at radius 2 is 1.20 bits per heavy atom. The Balaban J connectivity index is -0.0000000189. The first kappa shape index (κ1) is 36.1. The normalized spacial score (nSPS) is 7.53. The topological polar surface area (TPSA) is 132 Å². The molecular formula is C5H15NNa3O5P. The molecule has 10 heteroatoms. The molecule has 0 fully saturated rings. The minimum atomic E-state index is -5.39. The first-order valence-corrected chi connectivity index (χ1v) is 4.70. The van der Waals surface area contributed by atoms with Crippen molar-refractivity contribution in [1.82, 2.24) is 0 Å². The fraction of sp³-hybridized carbons (Fsp3) is 1.00. The molecule has 0 atom stereocenters. The van der Waals surface area contributed by atoms with Gasteiger partial charge in [0.1, 0.15) is 0 Å². The van der Waals surface area contributed by atoms with Crippen molar-refractivity contribution in [3.8, 4) is 0 Å². The summed E-state index contributed by atoms with van der Waals surface area (Å²) in [6, 6.07) is 0.333. The number of aliphatic hydroxyl groups is 1. The molecule has 0 amide bonds. The van der Waals surface area contributed by atoms with Gasteiger partial charge in [-0.25, -0.2) is 0 Å². The van der Waals surface area contributed by atoms with Crippen LogP contribution in [0.5, 0.6) is 0 Å². The van der Waals surface area contributed by atoms with Crippen molar-refractivity contribution in [3.05, 3.63) is 0 Å². The second-order valence-corrected chi connectivity index (χ2v) is 2.90. The minimum absolute atomic E-state index is 0. The quantitative estimate of drug-likeness (QED) is 0.331. The number of hydrogen-bond donors (Lipinski definition) is 2. The van der Waals surface area contributed by atoms with E-state index in [9.17, 15) is 0 Å². The van der Waals surface area contributed by atoms with E-state index >= 15 is 0 Å². The van der Waals surface area contributed by atoms with Crippen molar-refractivity contribution in [2.24, 2.45) is 5.73 Å². The Kier molecular flexibility index (Phi) is 62.1. The molecule has 0 saturated heterocycles. The van der Waals surface area contributed by atoms with Crippen LogP contribution in [0.2, 0.25) is 0 Å². The van der Waals surface area contributed by atoms with Crippen LogP contribution in [-0.2, 0) is 4.57 Å². The van der Waals surface area contributed by atoms with Gasteiger partial charge in [-0.3, -0.25) is 0 Å². The Bertz CT molecular complexity index is 112. The zero-order valence-corrected chi connectivity index (χ0v) is 17.3. The predicted molar refractivity (Wildman–Crippen MR) is 39.7 cm³/mol. The van der Waals surface area contributed by atoms with Crippen LogP contribution in [0.3, 0.4) is 0 Å². The summed E-state index contributed by atoms with van der Waals surface area (Å²) >= 11 is 0. The Morgan fingerprint density at radius 3 is 1.20 bits per heavy atom. The van der Waals surface area contributed by atoms with E-state index in [1.165, 1.54) is 0 Å². The van der Waals surface area contributed by atoms with E-state index in [4.69, 9.17) is 30.1 Å². The molecule has 0 aliphatic carbocycles. The minimum Gasteiger partial charge on any atom is -0.822 e. The molecule has 0 aromatic carbocycles. The number of rotatable bonds is 0. The van der Waals surface area contributed by atoms with E-state index in [0.29, 0.717) is 6.04 Å². The van der Waals surface area contributed by atoms with Crippen LogP contribution >= 0.6 is 7.82 Å². The number of nitrogens with two attached hydrogens (primary N) is 1. The third-order valence-electron chi connectivity index (χ3n) is 0. The van der Waals surface area contributed by atoms with Gasteiger partial charge in [0, 0.05) is 6.61 Å². The summed E-state index contributed by atoms with van der Waals surface area (Å²) in [4.78, 5) is 25.6. The first-order valence-electron chi connectivity index (χ1n) is 3.24. The van der Waals surface area contributed by atoms with Gasteiger partial charge in [-0.15, -0.1) is 0 Å². The maximum atomic E-state index is 8.55. The molecule has 0 bridgehead atoms. The second kappa shape index (κ2) is 25.8. The summed E-state index contributed by atoms with van der Waals surface area (Å²) < 4.78 is 8.55. The fourth-order valence-electron chi connectivity index (χ4n) is 0. The smallest absolute Gasteiger partial charge is 0.822 e. The van der Waals surface area contributed by atoms with E-state index in [1.807, 2.05) is 13.8 Å². The van der Waals surface area contributed by atoms with E-state index in [1.54, 1.807) is 6.92 Å². The SMILES string of the molecule is CC(C)N.CCO.O=P([O-])([O-])[O-].[Na+].[Na+].[Na+]. The fourth-order valence-corrected chi connectivity index (χ4v) is 0. The van der Waals surface area contributed by atoms with Crippen LogP contribution in [0.15, 0.2) is 0 Å². The van der Waals surface area contributed by atoms with E-state index < -0.39 is 7.82 Å². The van der Waals surface area contributed by atoms with Crippen molar-refractivity contribution < 1.29 is 113 Å². The maximum absolute atomic E-state index is 8.55. The third-order valence-corrected chi connectivity index (χ3v) is 0. The monoisotopic (exact) mass is 269 g/mol. The van der Waals surface area contributed by atoms with Gasteiger partial charge in [0.2, 0.25) is 0 Å². The Labute approximate surface area is 158 Å². The molecule has 78 valence electrons. The molecule has 6 nitrogen and oxygen atoms in total. The van der Waals surface area contributed by atoms with Crippen LogP contribution in [-0.4, -0.2) is 17.8 Å². The largest absolute Gasteiger partial charge is 1.00 e. The molecule has 0 aliphatic rings. The number of aliphatic hydroxyl groups excluding tert-OH is 1. The van der Waals surface area contributed by atoms with Crippen LogP contribution in [0.25, 0.3) is 0 Å². The van der Waals surface area contributed by atoms with Crippen molar-refractivity contribution in [2.75, 3.05) is 6.61 Å². The van der Waals surface area contributed by atoms with Gasteiger partial charge in [0.25, 0.3) is 0 Å². The molecule has 0 spiro atoms. The van der Waals surface area contributed by atoms with Gasteiger partial charge >= 0.3 is 88.7 Å². The van der Waals surface area contributed by atoms with Gasteiger partial charge in [0.05, 0.1) is 0 Å². The van der Waals surface area contributed by atoms with E-state index in [0.717, 1.165) is 0 Å². The number of hydrogen-bond acceptors (Lipinski definition) is 6. The van der Waals surface area contributed by atoms with Crippen molar-refractivity contribution in [3.63, 3.8) is 0 Å². The summed E-state index contributed by atoms with van der Waals surface area (Å²) in [5.74, 6) is 0. The van der Waals surface area contributed by atoms with Crippen molar-refractivity contribution >= 4 is 7.82 Å². The molecule has 0 unspecified atom stereocenters. The summed E-state index contributed by atoms with van der Waals surface area (Å²) in [7, 11) is -5.39. The summed E-state index contributed by atoms with van der Waals surface area (Å²) in [5, 5.41) is 7.57. The van der Waals surface area contributed by atoms with Crippen LogP contribution < -0.4 is 109 Å². The molecule has 0 aliphatic heterocycles. The zero-order valence-electron chi connectivity index (χ0n) is 10.4. The van der Waals surface area contributed by atoms with Crippen LogP contribution in [0.1, 0.15) is 20.8 Å². The Morgan fingerprint density at radius 1 is 1.20 bits per heavy atom. The molecule has 0 aromatic heterocycles. The average molecular weight is 269 g/mol. The van der Waals surface area contributed by atoms with E-state index in [-0.39, 0.29) is 95.3 Å². The number of phosphoric acid groups is 1. The molecule has 0 radical (unpaired) electrons. The molecule has 3 N–H and O–H groups in total. The van der Waals surface area contributed by atoms with Gasteiger partial charge < -0.3 is 30.1 Å². The van der Waals surface area contributed by atoms with Crippen molar-refractivity contribution in [1.29, 1.82) is 0 Å². The van der Waals surface area contributed by atoms with Gasteiger partial charge in [-0.05, 0) is 13.0 Å². The summed E-state index contributed by atoms with van der Waals surface area (Å²) in [6.07, 6.45) is 0. The van der Waals surface area contributed by atoms with Gasteiger partial charge in [-0.2, -0.15) is 7.82 Å². The summed E-state index contributed by atoms with van der Waals surface area (Å²) in [5.41, 5.74) is 5.11. The second-order valence-electron chi connectivity index (χ2n) is 2.01. The predicted octanol–water partition coefficient (Wildman–Crippen LogP) is -11.5. The first-order chi connectivity index (χ1) is 5.15. The van der Waals surface area contributed by atoms with Crippen LogP contribution in [0.4, 0.5) is 0 Å². The third kappa shape index (κ3) is 419. The van der Waals surface area contributed by atoms with Gasteiger partial charge in [0.15, 0.2) is 0 Å². The average Bonchev–Trinajstić information content (AvgIpc) is 1.56. The maximum Gasteiger partial charge on any atom is 1.00 e.